The van der Waals surface area contributed by atoms with Crippen LogP contribution in [0.4, 0.5) is 5.69 Å². The quantitative estimate of drug-likeness (QED) is 0.673. The lowest BCUT2D eigenvalue weighted by atomic mass is 9.91. The highest BCUT2D eigenvalue weighted by atomic mass is 16.1. The molecule has 0 aliphatic heterocycles. The van der Waals surface area contributed by atoms with Gasteiger partial charge in [0.2, 0.25) is 5.91 Å². The molecule has 2 heteroatoms. The Labute approximate surface area is 130 Å². The first-order chi connectivity index (χ1) is 9.87. The van der Waals surface area contributed by atoms with E-state index in [0.717, 1.165) is 18.5 Å². The molecule has 0 aliphatic rings. The molecule has 2 nitrogen and oxygen atoms in total. The third kappa shape index (κ3) is 6.33. The highest BCUT2D eigenvalue weighted by molar-refractivity contribution is 5.92. The van der Waals surface area contributed by atoms with Gasteiger partial charge in [-0.25, -0.2) is 0 Å². The van der Waals surface area contributed by atoms with E-state index in [2.05, 4.69) is 52.1 Å². The van der Waals surface area contributed by atoms with Crippen LogP contribution in [-0.4, -0.2) is 5.91 Å². The molecule has 0 unspecified atom stereocenters. The summed E-state index contributed by atoms with van der Waals surface area (Å²) in [6.07, 6.45) is 6.29. The third-order valence-corrected chi connectivity index (χ3v) is 3.65. The zero-order valence-electron chi connectivity index (χ0n) is 14.4. The minimum Gasteiger partial charge on any atom is -0.326 e. The number of rotatable bonds is 7. The Hall–Kier alpha value is -1.31. The van der Waals surface area contributed by atoms with Crippen molar-refractivity contribution in [1.82, 2.24) is 0 Å². The van der Waals surface area contributed by atoms with Gasteiger partial charge in [0.1, 0.15) is 0 Å². The SMILES string of the molecule is CCCCCc1c(CC)cccc1NC(=O)CC(C)(C)C. The third-order valence-electron chi connectivity index (χ3n) is 3.65. The Morgan fingerprint density at radius 2 is 1.86 bits per heavy atom. The Morgan fingerprint density at radius 3 is 2.43 bits per heavy atom. The standard InChI is InChI=1S/C19H31NO/c1-6-8-9-12-16-15(7-2)11-10-13-17(16)20-18(21)14-19(3,4)5/h10-11,13H,6-9,12,14H2,1-5H3,(H,20,21). The average Bonchev–Trinajstić information content (AvgIpc) is 2.38. The Kier molecular flexibility index (Phi) is 6.94. The fourth-order valence-electron chi connectivity index (χ4n) is 2.61. The van der Waals surface area contributed by atoms with Crippen LogP contribution in [0.3, 0.4) is 0 Å². The van der Waals surface area contributed by atoms with Crippen LogP contribution in [0.1, 0.15) is 71.4 Å². The first kappa shape index (κ1) is 17.7. The summed E-state index contributed by atoms with van der Waals surface area (Å²) in [6, 6.07) is 6.27. The monoisotopic (exact) mass is 289 g/mol. The number of amides is 1. The summed E-state index contributed by atoms with van der Waals surface area (Å²) in [5.41, 5.74) is 3.73. The van der Waals surface area contributed by atoms with Crippen LogP contribution >= 0.6 is 0 Å². The number of unbranched alkanes of at least 4 members (excludes halogenated alkanes) is 2. The van der Waals surface area contributed by atoms with E-state index in [0.29, 0.717) is 6.42 Å². The van der Waals surface area contributed by atoms with Crippen molar-refractivity contribution in [1.29, 1.82) is 0 Å². The summed E-state index contributed by atoms with van der Waals surface area (Å²) in [7, 11) is 0. The van der Waals surface area contributed by atoms with Crippen LogP contribution in [0.15, 0.2) is 18.2 Å². The molecular weight excluding hydrogens is 258 g/mol. The molecule has 0 saturated carbocycles. The maximum absolute atomic E-state index is 12.2. The highest BCUT2D eigenvalue weighted by Crippen LogP contribution is 2.25. The molecule has 0 saturated heterocycles. The van der Waals surface area contributed by atoms with Gasteiger partial charge in [-0.2, -0.15) is 0 Å². The van der Waals surface area contributed by atoms with Crippen molar-refractivity contribution in [2.75, 3.05) is 5.32 Å². The van der Waals surface area contributed by atoms with E-state index in [9.17, 15) is 4.79 Å². The molecule has 1 N–H and O–H groups in total. The van der Waals surface area contributed by atoms with Gasteiger partial charge >= 0.3 is 0 Å². The maximum atomic E-state index is 12.2. The molecular formula is C19H31NO. The molecule has 0 heterocycles. The molecule has 0 radical (unpaired) electrons. The second kappa shape index (κ2) is 8.21. The lowest BCUT2D eigenvalue weighted by Gasteiger charge is -2.19. The van der Waals surface area contributed by atoms with Crippen molar-refractivity contribution in [3.8, 4) is 0 Å². The van der Waals surface area contributed by atoms with Crippen LogP contribution in [-0.2, 0) is 17.6 Å². The van der Waals surface area contributed by atoms with Crippen molar-refractivity contribution in [2.45, 2.75) is 73.1 Å². The summed E-state index contributed by atoms with van der Waals surface area (Å²) in [6.45, 7) is 10.7. The van der Waals surface area contributed by atoms with Crippen molar-refractivity contribution < 1.29 is 4.79 Å². The molecule has 1 amide bonds. The fraction of sp³-hybridized carbons (Fsp3) is 0.632. The molecule has 0 spiro atoms. The van der Waals surface area contributed by atoms with E-state index in [1.807, 2.05) is 6.07 Å². The smallest absolute Gasteiger partial charge is 0.224 e. The Bertz CT molecular complexity index is 457. The van der Waals surface area contributed by atoms with Crippen molar-refractivity contribution in [3.63, 3.8) is 0 Å². The van der Waals surface area contributed by atoms with E-state index in [1.165, 1.54) is 30.4 Å². The number of carbonyl (C=O) groups is 1. The molecule has 0 bridgehead atoms. The summed E-state index contributed by atoms with van der Waals surface area (Å²) in [5.74, 6) is 0.118. The lowest BCUT2D eigenvalue weighted by molar-refractivity contribution is -0.117. The second-order valence-electron chi connectivity index (χ2n) is 7.04. The van der Waals surface area contributed by atoms with Crippen molar-refractivity contribution >= 4 is 11.6 Å². The zero-order chi connectivity index (χ0) is 15.9. The lowest BCUT2D eigenvalue weighted by Crippen LogP contribution is -2.20. The highest BCUT2D eigenvalue weighted by Gasteiger charge is 2.17. The van der Waals surface area contributed by atoms with Crippen LogP contribution in [0.5, 0.6) is 0 Å². The fourth-order valence-corrected chi connectivity index (χ4v) is 2.61. The number of benzene rings is 1. The second-order valence-corrected chi connectivity index (χ2v) is 7.04. The molecule has 1 aromatic rings. The molecule has 1 rings (SSSR count). The van der Waals surface area contributed by atoms with Gasteiger partial charge in [0, 0.05) is 12.1 Å². The van der Waals surface area contributed by atoms with E-state index < -0.39 is 0 Å². The number of anilines is 1. The minimum atomic E-state index is 0.0226. The Morgan fingerprint density at radius 1 is 1.14 bits per heavy atom. The first-order valence-electron chi connectivity index (χ1n) is 8.28. The number of nitrogens with one attached hydrogen (secondary N) is 1. The predicted octanol–water partition coefficient (Wildman–Crippen LogP) is 5.36. The molecule has 21 heavy (non-hydrogen) atoms. The minimum absolute atomic E-state index is 0.0226. The van der Waals surface area contributed by atoms with E-state index in [4.69, 9.17) is 0 Å². The number of carbonyl (C=O) groups excluding carboxylic acids is 1. The molecule has 0 aliphatic carbocycles. The van der Waals surface area contributed by atoms with Gasteiger partial charge in [-0.3, -0.25) is 4.79 Å². The van der Waals surface area contributed by atoms with Crippen LogP contribution in [0.25, 0.3) is 0 Å². The molecule has 1 aromatic carbocycles. The van der Waals surface area contributed by atoms with Gasteiger partial charge < -0.3 is 5.32 Å². The summed E-state index contributed by atoms with van der Waals surface area (Å²) in [4.78, 5) is 12.2. The number of hydrogen-bond donors (Lipinski definition) is 1. The largest absolute Gasteiger partial charge is 0.326 e. The maximum Gasteiger partial charge on any atom is 0.224 e. The zero-order valence-corrected chi connectivity index (χ0v) is 14.4. The van der Waals surface area contributed by atoms with Gasteiger partial charge in [-0.05, 0) is 41.9 Å². The summed E-state index contributed by atoms with van der Waals surface area (Å²) in [5, 5.41) is 3.13. The van der Waals surface area contributed by atoms with Gasteiger partial charge in [-0.15, -0.1) is 0 Å². The van der Waals surface area contributed by atoms with Crippen LogP contribution in [0.2, 0.25) is 0 Å². The normalized spacial score (nSPS) is 11.5. The first-order valence-corrected chi connectivity index (χ1v) is 8.28. The van der Waals surface area contributed by atoms with Gasteiger partial charge in [0.05, 0.1) is 0 Å². The van der Waals surface area contributed by atoms with E-state index >= 15 is 0 Å². The van der Waals surface area contributed by atoms with Crippen LogP contribution in [0, 0.1) is 5.41 Å². The summed E-state index contributed by atoms with van der Waals surface area (Å²) >= 11 is 0. The topological polar surface area (TPSA) is 29.1 Å². The van der Waals surface area contributed by atoms with Crippen LogP contribution < -0.4 is 5.32 Å². The molecule has 0 fully saturated rings. The van der Waals surface area contributed by atoms with E-state index in [1.54, 1.807) is 0 Å². The molecule has 0 aromatic heterocycles. The van der Waals surface area contributed by atoms with Gasteiger partial charge in [0.15, 0.2) is 0 Å². The van der Waals surface area contributed by atoms with Gasteiger partial charge in [-0.1, -0.05) is 59.6 Å². The van der Waals surface area contributed by atoms with Gasteiger partial charge in [0.25, 0.3) is 0 Å². The number of aryl methyl sites for hydroxylation is 1. The van der Waals surface area contributed by atoms with Crippen molar-refractivity contribution in [3.05, 3.63) is 29.3 Å². The van der Waals surface area contributed by atoms with E-state index in [-0.39, 0.29) is 11.3 Å². The molecule has 118 valence electrons. The Balaban J connectivity index is 2.87. The molecule has 0 atom stereocenters. The average molecular weight is 289 g/mol. The predicted molar refractivity (Wildman–Crippen MR) is 91.8 cm³/mol. The number of hydrogen-bond acceptors (Lipinski definition) is 1. The summed E-state index contributed by atoms with van der Waals surface area (Å²) < 4.78 is 0. The van der Waals surface area contributed by atoms with Crippen molar-refractivity contribution in [2.24, 2.45) is 5.41 Å².